The number of rotatable bonds is 6. The molecule has 1 atom stereocenters. The molecule has 2 aromatic rings. The fraction of sp³-hybridized carbons (Fsp3) is 0.381. The Kier molecular flexibility index (Phi) is 7.49. The number of aliphatic hydroxyl groups excluding tert-OH is 1. The molecule has 1 unspecified atom stereocenters. The second kappa shape index (κ2) is 9.32. The van der Waals surface area contributed by atoms with Crippen LogP contribution in [-0.2, 0) is 10.0 Å². The average Bonchev–Trinajstić information content (AvgIpc) is 2.61. The highest BCUT2D eigenvalue weighted by Gasteiger charge is 2.25. The maximum atomic E-state index is 13.5. The van der Waals surface area contributed by atoms with E-state index in [0.29, 0.717) is 10.7 Å². The van der Waals surface area contributed by atoms with Crippen LogP contribution in [0.1, 0.15) is 69.2 Å². The monoisotopic (exact) mass is 456 g/mol. The van der Waals surface area contributed by atoms with E-state index in [9.17, 15) is 22.7 Å². The van der Waals surface area contributed by atoms with Crippen LogP contribution in [0.2, 0.25) is 5.02 Å². The number of sulfonamides is 1. The van der Waals surface area contributed by atoms with E-state index in [-0.39, 0.29) is 22.3 Å². The van der Waals surface area contributed by atoms with Crippen LogP contribution in [0.5, 0.6) is 0 Å². The maximum absolute atomic E-state index is 13.5. The van der Waals surface area contributed by atoms with E-state index >= 15 is 0 Å². The highest BCUT2D eigenvalue weighted by molar-refractivity contribution is 7.90. The number of hydrogen-bond acceptors (Lipinski definition) is 4. The molecule has 0 aliphatic rings. The summed E-state index contributed by atoms with van der Waals surface area (Å²) in [5.74, 6) is -0.655. The first-order valence-corrected chi connectivity index (χ1v) is 11.3. The summed E-state index contributed by atoms with van der Waals surface area (Å²) in [6, 6.07) is 5.37. The maximum Gasteiger partial charge on any atom is 0.333 e. The van der Waals surface area contributed by atoms with Gasteiger partial charge in [-0.15, -0.1) is 0 Å². The van der Waals surface area contributed by atoms with E-state index in [1.807, 2.05) is 32.4 Å². The molecule has 2 aromatic carbocycles. The predicted octanol–water partition coefficient (Wildman–Crippen LogP) is 5.29. The van der Waals surface area contributed by atoms with Gasteiger partial charge in [0.1, 0.15) is 5.82 Å². The van der Waals surface area contributed by atoms with E-state index in [2.05, 4.69) is 5.32 Å². The van der Waals surface area contributed by atoms with E-state index in [1.54, 1.807) is 12.1 Å². The van der Waals surface area contributed by atoms with Crippen LogP contribution in [0.15, 0.2) is 35.2 Å². The van der Waals surface area contributed by atoms with Gasteiger partial charge in [0.2, 0.25) is 0 Å². The van der Waals surface area contributed by atoms with Gasteiger partial charge < -0.3 is 10.4 Å². The minimum Gasteiger partial charge on any atom is -0.389 e. The summed E-state index contributed by atoms with van der Waals surface area (Å²) in [6.45, 7) is 9.05. The van der Waals surface area contributed by atoms with E-state index in [1.165, 1.54) is 6.92 Å². The molecule has 6 nitrogen and oxygen atoms in total. The summed E-state index contributed by atoms with van der Waals surface area (Å²) >= 11 is 6.21. The quantitative estimate of drug-likeness (QED) is 0.550. The molecule has 2 rings (SSSR count). The minimum absolute atomic E-state index is 0.0204. The van der Waals surface area contributed by atoms with Crippen molar-refractivity contribution in [3.8, 4) is 0 Å². The summed E-state index contributed by atoms with van der Waals surface area (Å²) in [5, 5.41) is 13.0. The third-order valence-electron chi connectivity index (χ3n) is 4.59. The van der Waals surface area contributed by atoms with Crippen molar-refractivity contribution in [1.82, 2.24) is 4.72 Å². The normalized spacial score (nSPS) is 12.9. The van der Waals surface area contributed by atoms with Gasteiger partial charge in [0.05, 0.1) is 11.0 Å². The number of anilines is 1. The van der Waals surface area contributed by atoms with E-state index in [0.717, 1.165) is 29.3 Å². The number of nitrogens with one attached hydrogen (secondary N) is 2. The van der Waals surface area contributed by atoms with Crippen molar-refractivity contribution in [2.45, 2.75) is 57.5 Å². The zero-order valence-electron chi connectivity index (χ0n) is 17.5. The number of hydrogen-bond donors (Lipinski definition) is 3. The highest BCUT2D eigenvalue weighted by atomic mass is 35.5. The lowest BCUT2D eigenvalue weighted by molar-refractivity contribution is 0.195. The number of carbonyl (C=O) groups is 1. The minimum atomic E-state index is -4.36. The number of halogens is 2. The lowest BCUT2D eigenvalue weighted by atomic mass is 9.92. The average molecular weight is 457 g/mol. The summed E-state index contributed by atoms with van der Waals surface area (Å²) in [4.78, 5) is 12.2. The van der Waals surface area contributed by atoms with E-state index in [4.69, 9.17) is 11.6 Å². The second-order valence-corrected chi connectivity index (χ2v) is 9.77. The van der Waals surface area contributed by atoms with Gasteiger partial charge in [0.15, 0.2) is 0 Å². The van der Waals surface area contributed by atoms with Crippen LogP contribution in [0.25, 0.3) is 0 Å². The van der Waals surface area contributed by atoms with Crippen LogP contribution in [0.4, 0.5) is 14.9 Å². The Morgan fingerprint density at radius 1 is 1.00 bits per heavy atom. The summed E-state index contributed by atoms with van der Waals surface area (Å²) in [6.07, 6.45) is -1.24. The van der Waals surface area contributed by atoms with E-state index < -0.39 is 28.0 Å². The standard InChI is InChI=1S/C21H26ClFN2O4S/c1-11(2)16-8-14(22)9-17(12(3)4)20(16)24-21(27)25-30(28,29)19-7-6-15(23)10-18(19)13(5)26/h6-13,26H,1-5H3,(H2,24,25,27). The Bertz CT molecular complexity index is 1020. The molecule has 30 heavy (non-hydrogen) atoms. The van der Waals surface area contributed by atoms with Crippen molar-refractivity contribution < 1.29 is 22.7 Å². The lowest BCUT2D eigenvalue weighted by Crippen LogP contribution is -2.35. The summed E-state index contributed by atoms with van der Waals surface area (Å²) in [5.41, 5.74) is 1.88. The van der Waals surface area contributed by atoms with Crippen LogP contribution in [0.3, 0.4) is 0 Å². The van der Waals surface area contributed by atoms with Crippen molar-refractivity contribution >= 4 is 33.3 Å². The molecule has 0 heterocycles. The first kappa shape index (κ1) is 24.1. The number of amides is 2. The molecule has 9 heteroatoms. The molecule has 0 saturated carbocycles. The molecule has 0 radical (unpaired) electrons. The second-order valence-electron chi connectivity index (χ2n) is 7.69. The lowest BCUT2D eigenvalue weighted by Gasteiger charge is -2.21. The molecule has 0 aliphatic carbocycles. The zero-order chi connectivity index (χ0) is 22.8. The van der Waals surface area contributed by atoms with Gasteiger partial charge in [0.25, 0.3) is 10.0 Å². The first-order chi connectivity index (χ1) is 13.8. The molecule has 0 aliphatic heterocycles. The molecule has 3 N–H and O–H groups in total. The van der Waals surface area contributed by atoms with Crippen LogP contribution >= 0.6 is 11.6 Å². The van der Waals surface area contributed by atoms with Gasteiger partial charge in [-0.2, -0.15) is 0 Å². The smallest absolute Gasteiger partial charge is 0.333 e. The topological polar surface area (TPSA) is 95.5 Å². The largest absolute Gasteiger partial charge is 0.389 e. The number of aliphatic hydroxyl groups is 1. The molecule has 0 aromatic heterocycles. The van der Waals surface area contributed by atoms with Gasteiger partial charge in [-0.1, -0.05) is 39.3 Å². The molecular weight excluding hydrogens is 431 g/mol. The van der Waals surface area contributed by atoms with Gasteiger partial charge in [-0.3, -0.25) is 0 Å². The first-order valence-electron chi connectivity index (χ1n) is 9.48. The van der Waals surface area contributed by atoms with Gasteiger partial charge in [0, 0.05) is 16.3 Å². The van der Waals surface area contributed by atoms with Gasteiger partial charge in [-0.25, -0.2) is 22.3 Å². The zero-order valence-corrected chi connectivity index (χ0v) is 19.0. The summed E-state index contributed by atoms with van der Waals surface area (Å²) in [7, 11) is -4.36. The molecule has 0 fully saturated rings. The van der Waals surface area contributed by atoms with Gasteiger partial charge in [-0.05, 0) is 60.2 Å². The Balaban J connectivity index is 2.41. The molecule has 0 bridgehead atoms. The highest BCUT2D eigenvalue weighted by Crippen LogP contribution is 2.35. The molecule has 2 amide bonds. The molecular formula is C21H26ClFN2O4S. The third-order valence-corrected chi connectivity index (χ3v) is 6.21. The predicted molar refractivity (Wildman–Crippen MR) is 116 cm³/mol. The number of urea groups is 1. The van der Waals surface area contributed by atoms with Crippen LogP contribution in [0, 0.1) is 5.82 Å². The fourth-order valence-electron chi connectivity index (χ4n) is 3.11. The van der Waals surface area contributed by atoms with Crippen molar-refractivity contribution in [2.75, 3.05) is 5.32 Å². The molecule has 0 saturated heterocycles. The Labute approximate surface area is 181 Å². The van der Waals surface area contributed by atoms with Crippen molar-refractivity contribution in [3.05, 3.63) is 57.9 Å². The van der Waals surface area contributed by atoms with Crippen molar-refractivity contribution in [3.63, 3.8) is 0 Å². The Morgan fingerprint density at radius 3 is 2.00 bits per heavy atom. The van der Waals surface area contributed by atoms with Crippen molar-refractivity contribution in [2.24, 2.45) is 0 Å². The third kappa shape index (κ3) is 5.50. The van der Waals surface area contributed by atoms with Crippen molar-refractivity contribution in [1.29, 1.82) is 0 Å². The Morgan fingerprint density at radius 2 is 1.53 bits per heavy atom. The fourth-order valence-corrected chi connectivity index (χ4v) is 4.54. The Hall–Kier alpha value is -2.16. The SMILES string of the molecule is CC(C)c1cc(Cl)cc(C(C)C)c1NC(=O)NS(=O)(=O)c1ccc(F)cc1C(C)O. The number of benzene rings is 2. The summed E-state index contributed by atoms with van der Waals surface area (Å²) < 4.78 is 40.9. The van der Waals surface area contributed by atoms with Gasteiger partial charge >= 0.3 is 6.03 Å². The molecule has 0 spiro atoms. The molecule has 164 valence electrons. The van der Waals surface area contributed by atoms with Crippen LogP contribution in [-0.4, -0.2) is 19.6 Å². The number of carbonyl (C=O) groups excluding carboxylic acids is 1. The van der Waals surface area contributed by atoms with Crippen LogP contribution < -0.4 is 10.0 Å².